The summed E-state index contributed by atoms with van der Waals surface area (Å²) in [5.41, 5.74) is 0. The first kappa shape index (κ1) is 11.6. The van der Waals surface area contributed by atoms with E-state index in [1.165, 1.54) is 4.88 Å². The Hall–Kier alpha value is -0.910. The van der Waals surface area contributed by atoms with Crippen LogP contribution in [0.15, 0.2) is 17.5 Å². The van der Waals surface area contributed by atoms with Gasteiger partial charge in [-0.2, -0.15) is 0 Å². The van der Waals surface area contributed by atoms with Crippen molar-refractivity contribution in [2.75, 3.05) is 19.7 Å². The number of hydrogen-bond donors (Lipinski definition) is 2. The lowest BCUT2D eigenvalue weighted by atomic mass is 10.2. The van der Waals surface area contributed by atoms with Gasteiger partial charge < -0.3 is 15.4 Å². The zero-order valence-electron chi connectivity index (χ0n) is 9.07. The van der Waals surface area contributed by atoms with E-state index in [-0.39, 0.29) is 12.0 Å². The molecule has 0 saturated carbocycles. The molecule has 4 nitrogen and oxygen atoms in total. The minimum atomic E-state index is 0.0251. The maximum atomic E-state index is 11.6. The molecule has 2 N–H and O–H groups in total. The van der Waals surface area contributed by atoms with Crippen molar-refractivity contribution >= 4 is 17.2 Å². The maximum absolute atomic E-state index is 11.6. The van der Waals surface area contributed by atoms with Gasteiger partial charge in [-0.05, 0) is 11.4 Å². The SMILES string of the molecule is O=C(CC1CNCCO1)NCc1cccs1. The number of carbonyl (C=O) groups is 1. The smallest absolute Gasteiger partial charge is 0.222 e. The number of hydrogen-bond acceptors (Lipinski definition) is 4. The summed E-state index contributed by atoms with van der Waals surface area (Å²) in [5, 5.41) is 8.11. The highest BCUT2D eigenvalue weighted by molar-refractivity contribution is 7.09. The molecule has 2 rings (SSSR count). The zero-order chi connectivity index (χ0) is 11.2. The Bertz CT molecular complexity index is 321. The number of ether oxygens (including phenoxy) is 1. The van der Waals surface area contributed by atoms with Gasteiger partial charge in [0, 0.05) is 18.0 Å². The molecule has 0 aromatic carbocycles. The molecule has 0 radical (unpaired) electrons. The Labute approximate surface area is 99.0 Å². The third-order valence-corrected chi connectivity index (χ3v) is 3.33. The van der Waals surface area contributed by atoms with Gasteiger partial charge in [-0.15, -0.1) is 11.3 Å². The van der Waals surface area contributed by atoms with Crippen LogP contribution in [0.25, 0.3) is 0 Å². The first-order valence-electron chi connectivity index (χ1n) is 5.46. The molecule has 1 aromatic heterocycles. The predicted molar refractivity (Wildman–Crippen MR) is 63.4 cm³/mol. The molecule has 1 amide bonds. The van der Waals surface area contributed by atoms with Gasteiger partial charge in [0.15, 0.2) is 0 Å². The Morgan fingerprint density at radius 2 is 2.62 bits per heavy atom. The summed E-state index contributed by atoms with van der Waals surface area (Å²) >= 11 is 1.65. The van der Waals surface area contributed by atoms with Crippen molar-refractivity contribution in [2.45, 2.75) is 19.1 Å². The third kappa shape index (κ3) is 3.59. The van der Waals surface area contributed by atoms with Gasteiger partial charge in [-0.1, -0.05) is 6.07 Å². The highest BCUT2D eigenvalue weighted by Gasteiger charge is 2.16. The van der Waals surface area contributed by atoms with Crippen molar-refractivity contribution < 1.29 is 9.53 Å². The lowest BCUT2D eigenvalue weighted by molar-refractivity contribution is -0.124. The van der Waals surface area contributed by atoms with Crippen molar-refractivity contribution in [2.24, 2.45) is 0 Å². The fourth-order valence-corrected chi connectivity index (χ4v) is 2.27. The van der Waals surface area contributed by atoms with E-state index in [1.807, 2.05) is 17.5 Å². The van der Waals surface area contributed by atoms with Crippen LogP contribution in [0.5, 0.6) is 0 Å². The van der Waals surface area contributed by atoms with E-state index in [4.69, 9.17) is 4.74 Å². The molecule has 0 aliphatic carbocycles. The van der Waals surface area contributed by atoms with Crippen LogP contribution in [0.3, 0.4) is 0 Å². The lowest BCUT2D eigenvalue weighted by Crippen LogP contribution is -2.41. The molecule has 1 saturated heterocycles. The fourth-order valence-electron chi connectivity index (χ4n) is 1.63. The second-order valence-corrected chi connectivity index (χ2v) is 4.79. The van der Waals surface area contributed by atoms with E-state index >= 15 is 0 Å². The summed E-state index contributed by atoms with van der Waals surface area (Å²) in [6.45, 7) is 2.97. The Kier molecular flexibility index (Phi) is 4.33. The zero-order valence-corrected chi connectivity index (χ0v) is 9.89. The van der Waals surface area contributed by atoms with Crippen molar-refractivity contribution in [3.8, 4) is 0 Å². The summed E-state index contributed by atoms with van der Waals surface area (Å²) in [4.78, 5) is 12.8. The molecular formula is C11H16N2O2S. The molecule has 1 aliphatic rings. The largest absolute Gasteiger partial charge is 0.375 e. The average molecular weight is 240 g/mol. The number of morpholine rings is 1. The van der Waals surface area contributed by atoms with Gasteiger partial charge in [-0.25, -0.2) is 0 Å². The van der Waals surface area contributed by atoms with Crippen LogP contribution >= 0.6 is 11.3 Å². The van der Waals surface area contributed by atoms with Gasteiger partial charge >= 0.3 is 0 Å². The summed E-state index contributed by atoms with van der Waals surface area (Å²) < 4.78 is 5.46. The van der Waals surface area contributed by atoms with Gasteiger partial charge in [0.2, 0.25) is 5.91 Å². The van der Waals surface area contributed by atoms with Gasteiger partial charge in [0.05, 0.1) is 25.7 Å². The lowest BCUT2D eigenvalue weighted by Gasteiger charge is -2.22. The third-order valence-electron chi connectivity index (χ3n) is 2.46. The van der Waals surface area contributed by atoms with E-state index in [1.54, 1.807) is 11.3 Å². The molecule has 1 aliphatic heterocycles. The monoisotopic (exact) mass is 240 g/mol. The van der Waals surface area contributed by atoms with Gasteiger partial charge in [0.25, 0.3) is 0 Å². The number of thiophene rings is 1. The van der Waals surface area contributed by atoms with Crippen molar-refractivity contribution in [1.29, 1.82) is 0 Å². The maximum Gasteiger partial charge on any atom is 0.222 e. The van der Waals surface area contributed by atoms with Crippen LogP contribution < -0.4 is 10.6 Å². The van der Waals surface area contributed by atoms with E-state index in [0.29, 0.717) is 19.6 Å². The van der Waals surface area contributed by atoms with E-state index in [0.717, 1.165) is 13.1 Å². The average Bonchev–Trinajstić information content (AvgIpc) is 2.81. The van der Waals surface area contributed by atoms with Crippen LogP contribution in [-0.4, -0.2) is 31.7 Å². The molecular weight excluding hydrogens is 224 g/mol. The summed E-state index contributed by atoms with van der Waals surface area (Å²) in [6.07, 6.45) is 0.468. The van der Waals surface area contributed by atoms with Gasteiger partial charge in [0.1, 0.15) is 0 Å². The fraction of sp³-hybridized carbons (Fsp3) is 0.545. The number of rotatable bonds is 4. The molecule has 1 atom stereocenters. The van der Waals surface area contributed by atoms with Crippen LogP contribution in [0.4, 0.5) is 0 Å². The molecule has 1 aromatic rings. The molecule has 1 fully saturated rings. The molecule has 0 bridgehead atoms. The summed E-state index contributed by atoms with van der Waals surface area (Å²) in [6, 6.07) is 4.00. The quantitative estimate of drug-likeness (QED) is 0.816. The molecule has 1 unspecified atom stereocenters. The van der Waals surface area contributed by atoms with Crippen molar-refractivity contribution in [1.82, 2.24) is 10.6 Å². The highest BCUT2D eigenvalue weighted by Crippen LogP contribution is 2.08. The van der Waals surface area contributed by atoms with Crippen molar-refractivity contribution in [3.63, 3.8) is 0 Å². The standard InChI is InChI=1S/C11H16N2O2S/c14-11(6-9-7-12-3-4-15-9)13-8-10-2-1-5-16-10/h1-2,5,9,12H,3-4,6-8H2,(H,13,14). The van der Waals surface area contributed by atoms with E-state index in [9.17, 15) is 4.79 Å². The van der Waals surface area contributed by atoms with Crippen LogP contribution in [0.1, 0.15) is 11.3 Å². The Balaban J connectivity index is 1.67. The molecule has 2 heterocycles. The first-order valence-corrected chi connectivity index (χ1v) is 6.34. The molecule has 16 heavy (non-hydrogen) atoms. The molecule has 0 spiro atoms. The van der Waals surface area contributed by atoms with Crippen LogP contribution in [0.2, 0.25) is 0 Å². The van der Waals surface area contributed by atoms with Crippen LogP contribution in [-0.2, 0) is 16.1 Å². The van der Waals surface area contributed by atoms with E-state index < -0.39 is 0 Å². The van der Waals surface area contributed by atoms with Crippen molar-refractivity contribution in [3.05, 3.63) is 22.4 Å². The Morgan fingerprint density at radius 1 is 1.69 bits per heavy atom. The highest BCUT2D eigenvalue weighted by atomic mass is 32.1. The normalized spacial score (nSPS) is 20.6. The summed E-state index contributed by atoms with van der Waals surface area (Å²) in [5.74, 6) is 0.0575. The molecule has 88 valence electrons. The number of amides is 1. The van der Waals surface area contributed by atoms with E-state index in [2.05, 4.69) is 10.6 Å². The minimum Gasteiger partial charge on any atom is -0.375 e. The second kappa shape index (κ2) is 5.98. The molecule has 5 heteroatoms. The number of nitrogens with one attached hydrogen (secondary N) is 2. The second-order valence-electron chi connectivity index (χ2n) is 3.76. The van der Waals surface area contributed by atoms with Gasteiger partial charge in [-0.3, -0.25) is 4.79 Å². The Morgan fingerprint density at radius 3 is 3.31 bits per heavy atom. The predicted octanol–water partition coefficient (Wildman–Crippen LogP) is 0.743. The summed E-state index contributed by atoms with van der Waals surface area (Å²) in [7, 11) is 0. The topological polar surface area (TPSA) is 50.4 Å². The number of carbonyl (C=O) groups excluding carboxylic acids is 1. The first-order chi connectivity index (χ1) is 7.84. The van der Waals surface area contributed by atoms with Crippen LogP contribution in [0, 0.1) is 0 Å². The minimum absolute atomic E-state index is 0.0251.